The first-order valence-electron chi connectivity index (χ1n) is 12.0. The maximum atomic E-state index is 13.0. The summed E-state index contributed by atoms with van der Waals surface area (Å²) in [6, 6.07) is 22.5. The van der Waals surface area contributed by atoms with E-state index in [1.807, 2.05) is 42.5 Å². The molecule has 3 aromatic carbocycles. The second-order valence-corrected chi connectivity index (χ2v) is 10.7. The van der Waals surface area contributed by atoms with Gasteiger partial charge in [0.2, 0.25) is 5.91 Å². The maximum Gasteiger partial charge on any atom is 0.224 e. The Morgan fingerprint density at radius 2 is 1.51 bits per heavy atom. The van der Waals surface area contributed by atoms with E-state index in [1.54, 1.807) is 12.1 Å². The first-order chi connectivity index (χ1) is 17.0. The van der Waals surface area contributed by atoms with Gasteiger partial charge in [-0.25, -0.2) is 0 Å². The minimum absolute atomic E-state index is 0.0417. The molecule has 1 amide bonds. The van der Waals surface area contributed by atoms with Crippen molar-refractivity contribution in [3.63, 3.8) is 0 Å². The molecule has 5 rings (SSSR count). The zero-order chi connectivity index (χ0) is 24.4. The summed E-state index contributed by atoms with van der Waals surface area (Å²) in [6.07, 6.45) is 4.66. The summed E-state index contributed by atoms with van der Waals surface area (Å²) >= 11 is 18.7. The minimum atomic E-state index is 0.0417. The number of para-hydroxylation sites is 2. The molecule has 2 aliphatic heterocycles. The number of rotatable bonds is 7. The van der Waals surface area contributed by atoms with Crippen LogP contribution in [0, 0.1) is 0 Å². The SMILES string of the molecule is O=C(Cc1ccccc1Nc1c(Cl)cccc1Cl)N[C@H]1C[C@H]2CC[C@@H](C1)N2Cc1ccc(Cl)cc1. The first kappa shape index (κ1) is 24.5. The smallest absolute Gasteiger partial charge is 0.224 e. The van der Waals surface area contributed by atoms with Crippen LogP contribution < -0.4 is 10.6 Å². The van der Waals surface area contributed by atoms with Crippen molar-refractivity contribution < 1.29 is 4.79 Å². The Morgan fingerprint density at radius 3 is 2.20 bits per heavy atom. The lowest BCUT2D eigenvalue weighted by atomic mass is 9.96. The van der Waals surface area contributed by atoms with Gasteiger partial charge in [-0.05, 0) is 67.1 Å². The second kappa shape index (κ2) is 10.8. The lowest BCUT2D eigenvalue weighted by Crippen LogP contribution is -2.50. The fourth-order valence-corrected chi connectivity index (χ4v) is 6.07. The first-order valence-corrected chi connectivity index (χ1v) is 13.2. The third kappa shape index (κ3) is 5.78. The topological polar surface area (TPSA) is 44.4 Å². The van der Waals surface area contributed by atoms with Crippen LogP contribution >= 0.6 is 34.8 Å². The molecule has 2 bridgehead atoms. The molecule has 0 radical (unpaired) electrons. The highest BCUT2D eigenvalue weighted by Crippen LogP contribution is 2.37. The molecule has 4 nitrogen and oxygen atoms in total. The van der Waals surface area contributed by atoms with Gasteiger partial charge in [0.25, 0.3) is 0 Å². The number of carbonyl (C=O) groups is 1. The number of anilines is 2. The molecule has 2 aliphatic rings. The number of piperidine rings is 1. The number of benzene rings is 3. The molecule has 7 heteroatoms. The third-order valence-corrected chi connectivity index (χ3v) is 8.00. The molecule has 35 heavy (non-hydrogen) atoms. The van der Waals surface area contributed by atoms with Gasteiger partial charge in [0.15, 0.2) is 0 Å². The molecule has 3 atom stereocenters. The Balaban J connectivity index is 1.20. The highest BCUT2D eigenvalue weighted by atomic mass is 35.5. The molecule has 2 heterocycles. The highest BCUT2D eigenvalue weighted by Gasteiger charge is 2.40. The summed E-state index contributed by atoms with van der Waals surface area (Å²) in [4.78, 5) is 15.6. The van der Waals surface area contributed by atoms with Gasteiger partial charge in [-0.2, -0.15) is 0 Å². The van der Waals surface area contributed by atoms with E-state index in [0.29, 0.717) is 34.2 Å². The van der Waals surface area contributed by atoms with Gasteiger partial charge < -0.3 is 10.6 Å². The molecule has 182 valence electrons. The monoisotopic (exact) mass is 527 g/mol. The van der Waals surface area contributed by atoms with Crippen molar-refractivity contribution in [2.45, 2.75) is 56.8 Å². The highest BCUT2D eigenvalue weighted by molar-refractivity contribution is 6.39. The van der Waals surface area contributed by atoms with Crippen molar-refractivity contribution in [1.82, 2.24) is 10.2 Å². The molecular weight excluding hydrogens is 501 g/mol. The maximum absolute atomic E-state index is 13.0. The van der Waals surface area contributed by atoms with Gasteiger partial charge >= 0.3 is 0 Å². The molecule has 0 unspecified atom stereocenters. The van der Waals surface area contributed by atoms with Crippen molar-refractivity contribution in [1.29, 1.82) is 0 Å². The molecule has 0 saturated carbocycles. The number of nitrogens with zero attached hydrogens (tertiary/aromatic N) is 1. The summed E-state index contributed by atoms with van der Waals surface area (Å²) in [5.74, 6) is 0.0417. The molecular formula is C28H28Cl3N3O. The standard InChI is InChI=1S/C28H28Cl3N3O/c29-20-10-8-18(9-11-20)17-34-22-12-13-23(34)16-21(15-22)32-27(35)14-19-4-1-2-7-26(19)33-28-24(30)5-3-6-25(28)31/h1-11,21-23,33H,12-17H2,(H,32,35)/t21-,22+,23-. The van der Waals surface area contributed by atoms with Crippen LogP contribution in [0.5, 0.6) is 0 Å². The fraction of sp³-hybridized carbons (Fsp3) is 0.321. The van der Waals surface area contributed by atoms with E-state index in [9.17, 15) is 4.79 Å². The number of hydrogen-bond donors (Lipinski definition) is 2. The molecule has 2 saturated heterocycles. The summed E-state index contributed by atoms with van der Waals surface area (Å²) in [6.45, 7) is 0.941. The predicted octanol–water partition coefficient (Wildman–Crippen LogP) is 7.24. The van der Waals surface area contributed by atoms with E-state index >= 15 is 0 Å². The van der Waals surface area contributed by atoms with E-state index in [1.165, 1.54) is 18.4 Å². The summed E-state index contributed by atoms with van der Waals surface area (Å²) in [5, 5.41) is 8.47. The number of carbonyl (C=O) groups excluding carboxylic acids is 1. The summed E-state index contributed by atoms with van der Waals surface area (Å²) in [5.41, 5.74) is 3.67. The molecule has 2 fully saturated rings. The largest absolute Gasteiger partial charge is 0.353 e. The van der Waals surface area contributed by atoms with Crippen molar-refractivity contribution in [3.8, 4) is 0 Å². The lowest BCUT2D eigenvalue weighted by molar-refractivity contribution is -0.121. The average Bonchev–Trinajstić information content (AvgIpc) is 3.06. The van der Waals surface area contributed by atoms with Crippen LogP contribution in [0.2, 0.25) is 15.1 Å². The number of nitrogens with one attached hydrogen (secondary N) is 2. The molecule has 0 aromatic heterocycles. The summed E-state index contributed by atoms with van der Waals surface area (Å²) < 4.78 is 0. The van der Waals surface area contributed by atoms with Crippen LogP contribution in [-0.4, -0.2) is 28.9 Å². The lowest BCUT2D eigenvalue weighted by Gasteiger charge is -2.39. The van der Waals surface area contributed by atoms with Gasteiger partial charge in [-0.3, -0.25) is 9.69 Å². The van der Waals surface area contributed by atoms with Crippen molar-refractivity contribution >= 4 is 52.1 Å². The average molecular weight is 529 g/mol. The van der Waals surface area contributed by atoms with E-state index in [0.717, 1.165) is 35.7 Å². The zero-order valence-electron chi connectivity index (χ0n) is 19.3. The molecule has 0 aliphatic carbocycles. The van der Waals surface area contributed by atoms with Gasteiger partial charge in [-0.15, -0.1) is 0 Å². The number of halogens is 3. The van der Waals surface area contributed by atoms with Crippen molar-refractivity contribution in [2.75, 3.05) is 5.32 Å². The third-order valence-electron chi connectivity index (χ3n) is 7.12. The van der Waals surface area contributed by atoms with Crippen LogP contribution in [0.1, 0.15) is 36.8 Å². The van der Waals surface area contributed by atoms with Crippen LogP contribution in [0.15, 0.2) is 66.7 Å². The van der Waals surface area contributed by atoms with Gasteiger partial charge in [-0.1, -0.05) is 71.2 Å². The van der Waals surface area contributed by atoms with Gasteiger partial charge in [0.05, 0.1) is 22.2 Å². The second-order valence-electron chi connectivity index (χ2n) is 9.48. The van der Waals surface area contributed by atoms with Crippen LogP contribution in [0.25, 0.3) is 0 Å². The van der Waals surface area contributed by atoms with E-state index in [2.05, 4.69) is 27.7 Å². The Kier molecular flexibility index (Phi) is 7.54. The Labute approximate surface area is 221 Å². The minimum Gasteiger partial charge on any atom is -0.353 e. The van der Waals surface area contributed by atoms with Crippen LogP contribution in [0.3, 0.4) is 0 Å². The van der Waals surface area contributed by atoms with Crippen molar-refractivity contribution in [3.05, 3.63) is 92.9 Å². The number of fused-ring (bicyclic) bond motifs is 2. The van der Waals surface area contributed by atoms with E-state index in [-0.39, 0.29) is 11.9 Å². The Bertz CT molecular complexity index is 1170. The molecule has 0 spiro atoms. The van der Waals surface area contributed by atoms with Crippen LogP contribution in [0.4, 0.5) is 11.4 Å². The van der Waals surface area contributed by atoms with Crippen molar-refractivity contribution in [2.24, 2.45) is 0 Å². The van der Waals surface area contributed by atoms with Gasteiger partial charge in [0, 0.05) is 35.4 Å². The van der Waals surface area contributed by atoms with Gasteiger partial charge in [0.1, 0.15) is 0 Å². The quantitative estimate of drug-likeness (QED) is 0.340. The van der Waals surface area contributed by atoms with E-state index in [4.69, 9.17) is 34.8 Å². The molecule has 3 aromatic rings. The predicted molar refractivity (Wildman–Crippen MR) is 145 cm³/mol. The Hall–Kier alpha value is -2.24. The number of hydrogen-bond acceptors (Lipinski definition) is 3. The van der Waals surface area contributed by atoms with E-state index < -0.39 is 0 Å². The zero-order valence-corrected chi connectivity index (χ0v) is 21.6. The fourth-order valence-electron chi connectivity index (χ4n) is 5.45. The van der Waals surface area contributed by atoms with Crippen LogP contribution in [-0.2, 0) is 17.8 Å². The molecule has 2 N–H and O–H groups in total. The number of amides is 1. The summed E-state index contributed by atoms with van der Waals surface area (Å²) in [7, 11) is 0. The Morgan fingerprint density at radius 1 is 0.857 bits per heavy atom. The normalized spacial score (nSPS) is 21.6.